The van der Waals surface area contributed by atoms with E-state index in [9.17, 15) is 0 Å². The first-order chi connectivity index (χ1) is 11.2. The lowest BCUT2D eigenvalue weighted by Gasteiger charge is -2.37. The van der Waals surface area contributed by atoms with Crippen molar-refractivity contribution in [2.45, 2.75) is 38.9 Å². The summed E-state index contributed by atoms with van der Waals surface area (Å²) in [5.74, 6) is 0. The van der Waals surface area contributed by atoms with Crippen LogP contribution in [0.5, 0.6) is 0 Å². The molecule has 0 aliphatic carbocycles. The normalized spacial score (nSPS) is 19.2. The van der Waals surface area contributed by atoms with E-state index in [4.69, 9.17) is 0 Å². The monoisotopic (exact) mass is 309 g/mol. The predicted octanol–water partition coefficient (Wildman–Crippen LogP) is 3.49. The van der Waals surface area contributed by atoms with Gasteiger partial charge in [0, 0.05) is 31.4 Å². The smallest absolute Gasteiger partial charge is 0.0547 e. The molecule has 23 heavy (non-hydrogen) atoms. The molecule has 0 N–H and O–H groups in total. The fourth-order valence-corrected chi connectivity index (χ4v) is 3.45. The van der Waals surface area contributed by atoms with Gasteiger partial charge in [0.25, 0.3) is 0 Å². The Labute approximate surface area is 140 Å². The van der Waals surface area contributed by atoms with Crippen molar-refractivity contribution in [2.24, 2.45) is 0 Å². The zero-order valence-electron chi connectivity index (χ0n) is 14.3. The maximum absolute atomic E-state index is 4.65. The largest absolute Gasteiger partial charge is 0.298 e. The maximum atomic E-state index is 4.65. The number of likely N-dealkylation sites (N-methyl/N-ethyl adjacent to an activating group) is 1. The Morgan fingerprint density at radius 2 is 1.96 bits per heavy atom. The molecule has 0 amide bonds. The zero-order chi connectivity index (χ0) is 16.1. The van der Waals surface area contributed by atoms with Crippen LogP contribution >= 0.6 is 0 Å². The van der Waals surface area contributed by atoms with Crippen molar-refractivity contribution in [3.63, 3.8) is 0 Å². The number of hydrogen-bond donors (Lipinski definition) is 0. The minimum Gasteiger partial charge on any atom is -0.298 e. The summed E-state index contributed by atoms with van der Waals surface area (Å²) in [6.45, 7) is 6.39. The topological polar surface area (TPSA) is 19.4 Å². The number of pyridine rings is 1. The molecule has 2 aromatic rings. The van der Waals surface area contributed by atoms with Crippen LogP contribution in [0.25, 0.3) is 0 Å². The van der Waals surface area contributed by atoms with Crippen LogP contribution in [0.1, 0.15) is 29.8 Å². The van der Waals surface area contributed by atoms with Crippen LogP contribution in [0.3, 0.4) is 0 Å². The standard InChI is InChI=1S/C20H27N3/c1-17-8-6-11-19(21-17)15-23-13-7-12-20(16-23)22(2)14-18-9-4-3-5-10-18/h3-6,8-11,20H,7,12-16H2,1-2H3. The molecule has 1 aromatic heterocycles. The first-order valence-electron chi connectivity index (χ1n) is 8.60. The minimum absolute atomic E-state index is 0.633. The number of benzene rings is 1. The van der Waals surface area contributed by atoms with Gasteiger partial charge in [0.05, 0.1) is 5.69 Å². The van der Waals surface area contributed by atoms with Crippen molar-refractivity contribution >= 4 is 0 Å². The molecule has 1 saturated heterocycles. The highest BCUT2D eigenvalue weighted by Gasteiger charge is 2.23. The number of rotatable bonds is 5. The molecule has 0 radical (unpaired) electrons. The lowest BCUT2D eigenvalue weighted by molar-refractivity contribution is 0.106. The van der Waals surface area contributed by atoms with Crippen LogP contribution in [-0.4, -0.2) is 41.0 Å². The summed E-state index contributed by atoms with van der Waals surface area (Å²) in [6.07, 6.45) is 2.57. The van der Waals surface area contributed by atoms with E-state index in [-0.39, 0.29) is 0 Å². The highest BCUT2D eigenvalue weighted by Crippen LogP contribution is 2.18. The van der Waals surface area contributed by atoms with Gasteiger partial charge in [0.15, 0.2) is 0 Å². The molecule has 1 fully saturated rings. The molecular weight excluding hydrogens is 282 g/mol. The van der Waals surface area contributed by atoms with E-state index in [1.54, 1.807) is 0 Å². The average Bonchev–Trinajstić information content (AvgIpc) is 2.56. The molecule has 122 valence electrons. The third-order valence-corrected chi connectivity index (χ3v) is 4.71. The Bertz CT molecular complexity index is 611. The van der Waals surface area contributed by atoms with E-state index in [2.05, 4.69) is 77.3 Å². The van der Waals surface area contributed by atoms with Gasteiger partial charge < -0.3 is 0 Å². The summed E-state index contributed by atoms with van der Waals surface area (Å²) < 4.78 is 0. The van der Waals surface area contributed by atoms with Gasteiger partial charge in [-0.15, -0.1) is 0 Å². The molecular formula is C20H27N3. The van der Waals surface area contributed by atoms with E-state index < -0.39 is 0 Å². The van der Waals surface area contributed by atoms with Gasteiger partial charge in [-0.1, -0.05) is 36.4 Å². The molecule has 3 rings (SSSR count). The van der Waals surface area contributed by atoms with E-state index in [0.29, 0.717) is 6.04 Å². The number of nitrogens with zero attached hydrogens (tertiary/aromatic N) is 3. The first-order valence-corrected chi connectivity index (χ1v) is 8.60. The van der Waals surface area contributed by atoms with E-state index in [1.165, 1.54) is 30.6 Å². The molecule has 1 atom stereocenters. The Kier molecular flexibility index (Phi) is 5.42. The highest BCUT2D eigenvalue weighted by molar-refractivity contribution is 5.14. The van der Waals surface area contributed by atoms with Crippen LogP contribution in [-0.2, 0) is 13.1 Å². The predicted molar refractivity (Wildman–Crippen MR) is 95.2 cm³/mol. The number of aromatic nitrogens is 1. The molecule has 0 spiro atoms. The second-order valence-corrected chi connectivity index (χ2v) is 6.70. The van der Waals surface area contributed by atoms with E-state index in [1.807, 2.05) is 0 Å². The molecule has 2 heterocycles. The molecule has 1 aromatic carbocycles. The van der Waals surface area contributed by atoms with Gasteiger partial charge in [-0.2, -0.15) is 0 Å². The van der Waals surface area contributed by atoms with Crippen molar-refractivity contribution in [1.82, 2.24) is 14.8 Å². The van der Waals surface area contributed by atoms with Crippen LogP contribution in [0, 0.1) is 6.92 Å². The second-order valence-electron chi connectivity index (χ2n) is 6.70. The van der Waals surface area contributed by atoms with Crippen molar-refractivity contribution in [2.75, 3.05) is 20.1 Å². The van der Waals surface area contributed by atoms with Gasteiger partial charge in [0.2, 0.25) is 0 Å². The summed E-state index contributed by atoms with van der Waals surface area (Å²) in [6, 6.07) is 17.7. The van der Waals surface area contributed by atoms with Gasteiger partial charge in [-0.05, 0) is 51.1 Å². The summed E-state index contributed by atoms with van der Waals surface area (Å²) in [7, 11) is 2.26. The summed E-state index contributed by atoms with van der Waals surface area (Å²) in [4.78, 5) is 9.71. The third-order valence-electron chi connectivity index (χ3n) is 4.71. The Hall–Kier alpha value is -1.71. The molecule has 1 aliphatic rings. The van der Waals surface area contributed by atoms with Gasteiger partial charge >= 0.3 is 0 Å². The number of piperidine rings is 1. The SMILES string of the molecule is Cc1cccc(CN2CCCC(N(C)Cc3ccccc3)C2)n1. The maximum Gasteiger partial charge on any atom is 0.0547 e. The lowest BCUT2D eigenvalue weighted by atomic mass is 10.0. The fourth-order valence-electron chi connectivity index (χ4n) is 3.45. The lowest BCUT2D eigenvalue weighted by Crippen LogP contribution is -2.45. The molecule has 1 aliphatic heterocycles. The number of hydrogen-bond acceptors (Lipinski definition) is 3. The van der Waals surface area contributed by atoms with E-state index >= 15 is 0 Å². The Morgan fingerprint density at radius 3 is 2.74 bits per heavy atom. The molecule has 3 nitrogen and oxygen atoms in total. The molecule has 1 unspecified atom stereocenters. The first kappa shape index (κ1) is 16.2. The van der Waals surface area contributed by atoms with Crippen molar-refractivity contribution in [3.8, 4) is 0 Å². The summed E-state index contributed by atoms with van der Waals surface area (Å²) in [5.41, 5.74) is 3.70. The minimum atomic E-state index is 0.633. The van der Waals surface area contributed by atoms with Crippen LogP contribution in [0.15, 0.2) is 48.5 Å². The van der Waals surface area contributed by atoms with Crippen molar-refractivity contribution in [1.29, 1.82) is 0 Å². The van der Waals surface area contributed by atoms with E-state index in [0.717, 1.165) is 25.3 Å². The van der Waals surface area contributed by atoms with Gasteiger partial charge in [-0.25, -0.2) is 0 Å². The average molecular weight is 309 g/mol. The van der Waals surface area contributed by atoms with Crippen LogP contribution in [0.2, 0.25) is 0 Å². The molecule has 0 bridgehead atoms. The fraction of sp³-hybridized carbons (Fsp3) is 0.450. The third kappa shape index (κ3) is 4.63. The second kappa shape index (κ2) is 7.71. The summed E-state index contributed by atoms with van der Waals surface area (Å²) in [5, 5.41) is 0. The van der Waals surface area contributed by atoms with Gasteiger partial charge in [0.1, 0.15) is 0 Å². The molecule has 3 heteroatoms. The quantitative estimate of drug-likeness (QED) is 0.843. The Morgan fingerprint density at radius 1 is 1.13 bits per heavy atom. The Balaban J connectivity index is 1.57. The number of likely N-dealkylation sites (tertiary alicyclic amines) is 1. The number of aryl methyl sites for hydroxylation is 1. The summed E-state index contributed by atoms with van der Waals surface area (Å²) >= 11 is 0. The van der Waals surface area contributed by atoms with Gasteiger partial charge in [-0.3, -0.25) is 14.8 Å². The van der Waals surface area contributed by atoms with Crippen molar-refractivity contribution < 1.29 is 0 Å². The highest BCUT2D eigenvalue weighted by atomic mass is 15.2. The zero-order valence-corrected chi connectivity index (χ0v) is 14.3. The van der Waals surface area contributed by atoms with Crippen LogP contribution in [0.4, 0.5) is 0 Å². The molecule has 0 saturated carbocycles. The van der Waals surface area contributed by atoms with Crippen molar-refractivity contribution in [3.05, 3.63) is 65.5 Å². The van der Waals surface area contributed by atoms with Crippen LogP contribution < -0.4 is 0 Å².